The van der Waals surface area contributed by atoms with Crippen LogP contribution in [-0.4, -0.2) is 17.8 Å². The number of halogens is 2. The van der Waals surface area contributed by atoms with E-state index in [1.165, 1.54) is 18.6 Å². The van der Waals surface area contributed by atoms with Crippen molar-refractivity contribution in [3.05, 3.63) is 28.2 Å². The van der Waals surface area contributed by atoms with Crippen LogP contribution in [0, 0.1) is 0 Å². The Morgan fingerprint density at radius 2 is 1.87 bits per heavy atom. The van der Waals surface area contributed by atoms with Crippen LogP contribution < -0.4 is 5.32 Å². The monoisotopic (exact) mass is 266 g/mol. The molecule has 0 saturated carbocycles. The average molecular weight is 267 g/mol. The molecule has 0 atom stereocenters. The van der Waals surface area contributed by atoms with Crippen molar-refractivity contribution in [3.8, 4) is 0 Å². The molecule has 1 N–H and O–H groups in total. The SMILES string of the molecule is C[S+](C)(=O)C(=O)Nc1ccc(Cl)c(Cl)c1. The maximum Gasteiger partial charge on any atom is 0.435 e. The quantitative estimate of drug-likeness (QED) is 0.793. The van der Waals surface area contributed by atoms with E-state index in [0.717, 1.165) is 0 Å². The summed E-state index contributed by atoms with van der Waals surface area (Å²) in [6.07, 6.45) is 2.75. The fourth-order valence-corrected chi connectivity index (χ4v) is 1.48. The van der Waals surface area contributed by atoms with Gasteiger partial charge in [-0.05, 0) is 18.2 Å². The molecule has 1 amide bonds. The van der Waals surface area contributed by atoms with Gasteiger partial charge in [0.2, 0.25) is 0 Å². The lowest BCUT2D eigenvalue weighted by Crippen LogP contribution is -2.24. The lowest BCUT2D eigenvalue weighted by atomic mass is 10.3. The third-order valence-corrected chi connectivity index (χ3v) is 3.35. The largest absolute Gasteiger partial charge is 0.435 e. The topological polar surface area (TPSA) is 46.2 Å². The summed E-state index contributed by atoms with van der Waals surface area (Å²) < 4.78 is 11.4. The third-order valence-electron chi connectivity index (χ3n) is 1.61. The molecule has 1 aromatic rings. The van der Waals surface area contributed by atoms with Crippen molar-refractivity contribution in [2.75, 3.05) is 17.8 Å². The van der Waals surface area contributed by atoms with Gasteiger partial charge in [-0.2, -0.15) is 0 Å². The predicted octanol–water partition coefficient (Wildman–Crippen LogP) is 3.28. The van der Waals surface area contributed by atoms with Gasteiger partial charge in [0.1, 0.15) is 12.5 Å². The van der Waals surface area contributed by atoms with Gasteiger partial charge in [0.25, 0.3) is 0 Å². The Balaban J connectivity index is 2.87. The predicted molar refractivity (Wildman–Crippen MR) is 65.4 cm³/mol. The number of benzene rings is 1. The van der Waals surface area contributed by atoms with Gasteiger partial charge in [-0.3, -0.25) is 5.32 Å². The van der Waals surface area contributed by atoms with Gasteiger partial charge in [0.05, 0.1) is 10.0 Å². The second-order valence-electron chi connectivity index (χ2n) is 3.27. The minimum atomic E-state index is -2.50. The Hall–Kier alpha value is -0.580. The Kier molecular flexibility index (Phi) is 3.76. The first-order valence-electron chi connectivity index (χ1n) is 4.01. The van der Waals surface area contributed by atoms with Crippen LogP contribution in [0.2, 0.25) is 10.0 Å². The number of rotatable bonds is 1. The first-order valence-corrected chi connectivity index (χ1v) is 7.14. The van der Waals surface area contributed by atoms with Crippen molar-refractivity contribution in [2.45, 2.75) is 0 Å². The van der Waals surface area contributed by atoms with Gasteiger partial charge in [0.15, 0.2) is 9.93 Å². The summed E-state index contributed by atoms with van der Waals surface area (Å²) in [6, 6.07) is 4.66. The molecular weight excluding hydrogens is 257 g/mol. The Morgan fingerprint density at radius 3 is 2.33 bits per heavy atom. The van der Waals surface area contributed by atoms with Gasteiger partial charge >= 0.3 is 5.24 Å². The molecule has 0 fully saturated rings. The summed E-state index contributed by atoms with van der Waals surface area (Å²) in [7, 11) is -2.50. The van der Waals surface area contributed by atoms with Crippen LogP contribution in [0.3, 0.4) is 0 Å². The lowest BCUT2D eigenvalue weighted by molar-refractivity contribution is 0.268. The maximum atomic E-state index is 11.4. The van der Waals surface area contributed by atoms with Gasteiger partial charge < -0.3 is 0 Å². The highest BCUT2D eigenvalue weighted by atomic mass is 35.5. The first kappa shape index (κ1) is 12.5. The zero-order chi connectivity index (χ0) is 11.6. The zero-order valence-electron chi connectivity index (χ0n) is 8.21. The molecule has 3 nitrogen and oxygen atoms in total. The molecule has 0 heterocycles. The fraction of sp³-hybridized carbons (Fsp3) is 0.222. The highest BCUT2D eigenvalue weighted by molar-refractivity contribution is 8.15. The average Bonchev–Trinajstić information content (AvgIpc) is 2.10. The Bertz CT molecular complexity index is 442. The lowest BCUT2D eigenvalue weighted by Gasteiger charge is -2.04. The molecule has 0 spiro atoms. The van der Waals surface area contributed by atoms with E-state index in [0.29, 0.717) is 15.7 Å². The Morgan fingerprint density at radius 1 is 1.27 bits per heavy atom. The summed E-state index contributed by atoms with van der Waals surface area (Å²) in [4.78, 5) is 11.4. The van der Waals surface area contributed by atoms with Crippen LogP contribution >= 0.6 is 23.2 Å². The van der Waals surface area contributed by atoms with E-state index in [1.807, 2.05) is 0 Å². The number of carbonyl (C=O) groups is 1. The molecule has 0 radical (unpaired) electrons. The van der Waals surface area contributed by atoms with E-state index in [-0.39, 0.29) is 0 Å². The van der Waals surface area contributed by atoms with Crippen LogP contribution in [0.15, 0.2) is 18.2 Å². The van der Waals surface area contributed by atoms with Crippen molar-refractivity contribution < 1.29 is 9.00 Å². The Labute approximate surface area is 99.2 Å². The van der Waals surface area contributed by atoms with Crippen molar-refractivity contribution in [3.63, 3.8) is 0 Å². The smallest absolute Gasteiger partial charge is 0.282 e. The number of hydrogen-bond acceptors (Lipinski definition) is 2. The molecule has 1 aromatic carbocycles. The summed E-state index contributed by atoms with van der Waals surface area (Å²) in [5.41, 5.74) is 0.478. The van der Waals surface area contributed by atoms with Crippen LogP contribution in [-0.2, 0) is 14.1 Å². The van der Waals surface area contributed by atoms with Gasteiger partial charge in [-0.15, -0.1) is 0 Å². The number of anilines is 1. The highest BCUT2D eigenvalue weighted by Crippen LogP contribution is 2.25. The summed E-state index contributed by atoms with van der Waals surface area (Å²) in [5, 5.41) is 2.71. The molecule has 0 aliphatic rings. The van der Waals surface area contributed by atoms with Crippen LogP contribution in [0.25, 0.3) is 0 Å². The minimum absolute atomic E-state index is 0.341. The van der Waals surface area contributed by atoms with Crippen molar-refractivity contribution in [1.29, 1.82) is 0 Å². The summed E-state index contributed by atoms with van der Waals surface area (Å²) in [6.45, 7) is 0. The zero-order valence-corrected chi connectivity index (χ0v) is 10.5. The molecule has 0 unspecified atom stereocenters. The second-order valence-corrected chi connectivity index (χ2v) is 6.93. The van der Waals surface area contributed by atoms with Crippen LogP contribution in [0.5, 0.6) is 0 Å². The van der Waals surface area contributed by atoms with Gasteiger partial charge in [-0.1, -0.05) is 27.4 Å². The maximum absolute atomic E-state index is 11.4. The molecule has 15 heavy (non-hydrogen) atoms. The van der Waals surface area contributed by atoms with E-state index in [4.69, 9.17) is 23.2 Å². The molecule has 0 saturated heterocycles. The molecule has 1 rings (SSSR count). The summed E-state index contributed by atoms with van der Waals surface area (Å²) in [5.74, 6) is 0. The van der Waals surface area contributed by atoms with Crippen LogP contribution in [0.4, 0.5) is 10.5 Å². The minimum Gasteiger partial charge on any atom is -0.282 e. The van der Waals surface area contributed by atoms with E-state index >= 15 is 0 Å². The number of carbonyl (C=O) groups excluding carboxylic acids is 1. The third kappa shape index (κ3) is 3.48. The molecule has 0 bridgehead atoms. The number of hydrogen-bond donors (Lipinski definition) is 1. The molecule has 0 aliphatic heterocycles. The standard InChI is InChI=1S/C9H9Cl2NO2S/c1-15(2,14)9(13)12-6-3-4-7(10)8(11)5-6/h3-5H,1-2H3/p+1. The van der Waals surface area contributed by atoms with E-state index in [9.17, 15) is 9.00 Å². The number of amides is 1. The molecule has 0 aliphatic carbocycles. The highest BCUT2D eigenvalue weighted by Gasteiger charge is 2.26. The van der Waals surface area contributed by atoms with E-state index < -0.39 is 15.2 Å². The first-order chi connectivity index (χ1) is 6.80. The van der Waals surface area contributed by atoms with Gasteiger partial charge in [0, 0.05) is 5.69 Å². The van der Waals surface area contributed by atoms with E-state index in [2.05, 4.69) is 5.32 Å². The second kappa shape index (κ2) is 4.51. The molecule has 82 valence electrons. The van der Waals surface area contributed by atoms with Crippen molar-refractivity contribution in [1.82, 2.24) is 0 Å². The fourth-order valence-electron chi connectivity index (χ4n) is 0.815. The van der Waals surface area contributed by atoms with Crippen molar-refractivity contribution >= 4 is 44.1 Å². The normalized spacial score (nSPS) is 11.2. The number of nitrogens with one attached hydrogen (secondary N) is 1. The van der Waals surface area contributed by atoms with E-state index in [1.54, 1.807) is 12.1 Å². The summed E-state index contributed by atoms with van der Waals surface area (Å²) >= 11 is 11.5. The van der Waals surface area contributed by atoms with Crippen LogP contribution in [0.1, 0.15) is 0 Å². The molecule has 0 aromatic heterocycles. The molecule has 6 heteroatoms. The molecular formula is C9H10Cl2NO2S+. The van der Waals surface area contributed by atoms with Crippen molar-refractivity contribution in [2.24, 2.45) is 0 Å². The van der Waals surface area contributed by atoms with Gasteiger partial charge in [-0.25, -0.2) is 4.79 Å².